The number of primary amides is 1. The third-order valence-corrected chi connectivity index (χ3v) is 5.37. The first-order valence-electron chi connectivity index (χ1n) is 9.33. The summed E-state index contributed by atoms with van der Waals surface area (Å²) in [5.41, 5.74) is 13.3. The van der Waals surface area contributed by atoms with Crippen molar-refractivity contribution in [2.24, 2.45) is 5.73 Å². The van der Waals surface area contributed by atoms with Crippen LogP contribution >= 0.6 is 23.4 Å². The number of aromatic nitrogens is 2. The molecule has 1 aromatic heterocycles. The molecular formula is C21H26ClN5O2S. The highest BCUT2D eigenvalue weighted by atomic mass is 35.5. The lowest BCUT2D eigenvalue weighted by atomic mass is 10.0. The van der Waals surface area contributed by atoms with Gasteiger partial charge in [-0.15, -0.1) is 18.3 Å². The van der Waals surface area contributed by atoms with Crippen LogP contribution in [0.25, 0.3) is 23.9 Å². The molecule has 0 atom stereocenters. The summed E-state index contributed by atoms with van der Waals surface area (Å²) < 4.78 is 5.68. The van der Waals surface area contributed by atoms with E-state index in [1.54, 1.807) is 0 Å². The van der Waals surface area contributed by atoms with E-state index >= 15 is 0 Å². The van der Waals surface area contributed by atoms with Gasteiger partial charge < -0.3 is 21.5 Å². The lowest BCUT2D eigenvalue weighted by Crippen LogP contribution is -2.31. The second kappa shape index (κ2) is 11.6. The number of nitrogens with one attached hydrogen (secondary N) is 1. The van der Waals surface area contributed by atoms with Crippen LogP contribution in [0.4, 0.5) is 10.7 Å². The zero-order valence-electron chi connectivity index (χ0n) is 16.9. The minimum absolute atomic E-state index is 0.137. The number of benzene rings is 1. The van der Waals surface area contributed by atoms with Gasteiger partial charge in [0, 0.05) is 17.9 Å². The van der Waals surface area contributed by atoms with Gasteiger partial charge >= 0.3 is 6.03 Å². The quantitative estimate of drug-likeness (QED) is 0.223. The SMILES string of the molecule is C=CCCOCc1cc(Cl)c(-c2cc(SCCNC(N)=O)nc(N)n2)/c(=C/C)c1=C. The summed E-state index contributed by atoms with van der Waals surface area (Å²) in [7, 11) is 0. The van der Waals surface area contributed by atoms with E-state index in [2.05, 4.69) is 28.4 Å². The van der Waals surface area contributed by atoms with E-state index in [0.717, 1.165) is 28.0 Å². The van der Waals surface area contributed by atoms with Crippen LogP contribution in [0.3, 0.4) is 0 Å². The summed E-state index contributed by atoms with van der Waals surface area (Å²) in [5, 5.41) is 5.43. The maximum Gasteiger partial charge on any atom is 0.312 e. The highest BCUT2D eigenvalue weighted by molar-refractivity contribution is 7.99. The summed E-state index contributed by atoms with van der Waals surface area (Å²) in [6.07, 6.45) is 4.53. The van der Waals surface area contributed by atoms with Crippen LogP contribution in [0.15, 0.2) is 29.8 Å². The number of carbonyl (C=O) groups excluding carboxylic acids is 1. The van der Waals surface area contributed by atoms with E-state index in [9.17, 15) is 4.79 Å². The lowest BCUT2D eigenvalue weighted by Gasteiger charge is -2.12. The van der Waals surface area contributed by atoms with Gasteiger partial charge in [0.05, 0.1) is 23.9 Å². The molecular weight excluding hydrogens is 422 g/mol. The second-order valence-corrected chi connectivity index (χ2v) is 7.81. The standard InChI is InChI=1S/C21H26ClN5O2S/c1-4-6-8-29-12-14-10-16(22)19(15(5-2)13(14)3)17-11-18(27-20(23)26-17)30-9-7-25-21(24)28/h4-5,10-11H,1,3,6-9,12H2,2H3,(H2,23,26,27)(H3,24,25,28)/b15-5+. The molecule has 9 heteroatoms. The van der Waals surface area contributed by atoms with Crippen molar-refractivity contribution >= 4 is 48.0 Å². The van der Waals surface area contributed by atoms with Crippen molar-refractivity contribution in [3.05, 3.63) is 45.8 Å². The molecule has 0 aliphatic carbocycles. The number of thioether (sulfide) groups is 1. The number of ether oxygens (including phenoxy) is 1. The number of urea groups is 1. The molecule has 0 unspecified atom stereocenters. The summed E-state index contributed by atoms with van der Waals surface area (Å²) >= 11 is 8.07. The highest BCUT2D eigenvalue weighted by Crippen LogP contribution is 2.27. The van der Waals surface area contributed by atoms with Crippen LogP contribution in [0.2, 0.25) is 5.02 Å². The van der Waals surface area contributed by atoms with Crippen molar-refractivity contribution in [1.29, 1.82) is 0 Å². The van der Waals surface area contributed by atoms with E-state index in [-0.39, 0.29) is 5.95 Å². The Morgan fingerprint density at radius 3 is 2.83 bits per heavy atom. The van der Waals surface area contributed by atoms with Crippen molar-refractivity contribution in [3.8, 4) is 11.3 Å². The van der Waals surface area contributed by atoms with Crippen LogP contribution in [0.5, 0.6) is 0 Å². The van der Waals surface area contributed by atoms with Crippen LogP contribution in [-0.4, -0.2) is 34.9 Å². The molecule has 1 heterocycles. The normalized spacial score (nSPS) is 11.5. The number of nitrogens with two attached hydrogens (primary N) is 2. The molecule has 1 aromatic carbocycles. The maximum atomic E-state index is 10.8. The maximum absolute atomic E-state index is 10.8. The molecule has 0 saturated heterocycles. The van der Waals surface area contributed by atoms with Crippen LogP contribution in [-0.2, 0) is 11.3 Å². The molecule has 0 fully saturated rings. The smallest absolute Gasteiger partial charge is 0.312 e. The molecule has 160 valence electrons. The summed E-state index contributed by atoms with van der Waals surface area (Å²) in [6, 6.07) is 3.10. The molecule has 2 aromatic rings. The second-order valence-electron chi connectivity index (χ2n) is 6.29. The molecule has 30 heavy (non-hydrogen) atoms. The fourth-order valence-electron chi connectivity index (χ4n) is 2.80. The zero-order chi connectivity index (χ0) is 22.1. The molecule has 0 saturated carbocycles. The Balaban J connectivity index is 2.36. The lowest BCUT2D eigenvalue weighted by molar-refractivity contribution is 0.125. The minimum Gasteiger partial charge on any atom is -0.376 e. The summed E-state index contributed by atoms with van der Waals surface area (Å²) in [6.45, 7) is 11.2. The summed E-state index contributed by atoms with van der Waals surface area (Å²) in [4.78, 5) is 19.4. The molecule has 2 amide bonds. The molecule has 2 rings (SSSR count). The zero-order valence-corrected chi connectivity index (χ0v) is 18.5. The fraction of sp³-hybridized carbons (Fsp3) is 0.286. The molecule has 7 nitrogen and oxygen atoms in total. The molecule has 0 spiro atoms. The van der Waals surface area contributed by atoms with E-state index in [4.69, 9.17) is 27.8 Å². The van der Waals surface area contributed by atoms with Gasteiger partial charge in [0.2, 0.25) is 5.95 Å². The van der Waals surface area contributed by atoms with Crippen molar-refractivity contribution in [1.82, 2.24) is 15.3 Å². The Bertz CT molecular complexity index is 1030. The van der Waals surface area contributed by atoms with Gasteiger partial charge in [-0.05, 0) is 41.5 Å². The number of hydrogen-bond acceptors (Lipinski definition) is 6. The topological polar surface area (TPSA) is 116 Å². The van der Waals surface area contributed by atoms with E-state index < -0.39 is 6.03 Å². The number of rotatable bonds is 10. The Hall–Kier alpha value is -2.55. The van der Waals surface area contributed by atoms with Gasteiger partial charge in [0.15, 0.2) is 0 Å². The van der Waals surface area contributed by atoms with Gasteiger partial charge in [-0.2, -0.15) is 0 Å². The van der Waals surface area contributed by atoms with Gasteiger partial charge in [0.25, 0.3) is 0 Å². The average Bonchev–Trinajstić information content (AvgIpc) is 2.69. The van der Waals surface area contributed by atoms with E-state index in [0.29, 0.717) is 41.3 Å². The average molecular weight is 448 g/mol. The van der Waals surface area contributed by atoms with Crippen molar-refractivity contribution < 1.29 is 9.53 Å². The Morgan fingerprint density at radius 2 is 2.17 bits per heavy atom. The minimum atomic E-state index is -0.565. The largest absolute Gasteiger partial charge is 0.376 e. The van der Waals surface area contributed by atoms with Crippen molar-refractivity contribution in [2.75, 3.05) is 24.6 Å². The highest BCUT2D eigenvalue weighted by Gasteiger charge is 2.13. The number of halogens is 1. The molecule has 0 radical (unpaired) electrons. The van der Waals surface area contributed by atoms with Crippen LogP contribution in [0, 0.1) is 0 Å². The first kappa shape index (κ1) is 23.7. The van der Waals surface area contributed by atoms with Gasteiger partial charge in [-0.3, -0.25) is 0 Å². The van der Waals surface area contributed by atoms with Crippen molar-refractivity contribution in [3.63, 3.8) is 0 Å². The molecule has 5 N–H and O–H groups in total. The van der Waals surface area contributed by atoms with Crippen molar-refractivity contribution in [2.45, 2.75) is 25.0 Å². The Labute approximate surface area is 185 Å². The monoisotopic (exact) mass is 447 g/mol. The third kappa shape index (κ3) is 6.48. The van der Waals surface area contributed by atoms with E-state index in [1.165, 1.54) is 11.8 Å². The predicted molar refractivity (Wildman–Crippen MR) is 125 cm³/mol. The molecule has 0 aliphatic heterocycles. The number of anilines is 1. The van der Waals surface area contributed by atoms with Gasteiger partial charge in [-0.1, -0.05) is 30.3 Å². The number of nitrogen functional groups attached to an aromatic ring is 1. The van der Waals surface area contributed by atoms with Crippen LogP contribution in [0.1, 0.15) is 18.9 Å². The van der Waals surface area contributed by atoms with E-state index in [1.807, 2.05) is 31.2 Å². The predicted octanol–water partition coefficient (Wildman–Crippen LogP) is 2.44. The van der Waals surface area contributed by atoms with Crippen LogP contribution < -0.4 is 27.2 Å². The van der Waals surface area contributed by atoms with Gasteiger partial charge in [-0.25, -0.2) is 14.8 Å². The molecule has 0 bridgehead atoms. The molecule has 0 aliphatic rings. The summed E-state index contributed by atoms with van der Waals surface area (Å²) in [5.74, 6) is 0.722. The Morgan fingerprint density at radius 1 is 1.40 bits per heavy atom. The third-order valence-electron chi connectivity index (χ3n) is 4.16. The van der Waals surface area contributed by atoms with Gasteiger partial charge in [0.1, 0.15) is 5.03 Å². The first-order valence-corrected chi connectivity index (χ1v) is 10.7. The number of nitrogens with zero attached hydrogens (tertiary/aromatic N) is 2. The number of hydrogen-bond donors (Lipinski definition) is 3. The number of carbonyl (C=O) groups is 1. The first-order chi connectivity index (χ1) is 14.4. The fourth-order valence-corrected chi connectivity index (χ4v) is 3.89. The number of amides is 2. The Kier molecular flexibility index (Phi) is 9.16.